The van der Waals surface area contributed by atoms with Crippen LogP contribution in [0.2, 0.25) is 0 Å². The second-order valence-electron chi connectivity index (χ2n) is 10.2. The van der Waals surface area contributed by atoms with Crippen molar-refractivity contribution in [3.63, 3.8) is 0 Å². The molecule has 0 radical (unpaired) electrons. The standard InChI is InChI=1S/C29H27F3N6O3/c1-28(2,26(40)34-10-11-39)18-5-7-19(8-6-18)38-24-20-12-16(17-13-21(29(30,31)32)25(33)36-14-17)4-9-22(20)35-15-23(24)37(3)27(38)41/h4-9,12-15,39H,10-11H2,1-3H3,(H2,33,36)(H,34,40). The Kier molecular flexibility index (Phi) is 6.82. The number of nitrogens with two attached hydrogens (primary N) is 1. The maximum Gasteiger partial charge on any atom is 0.419 e. The van der Waals surface area contributed by atoms with Gasteiger partial charge in [-0.3, -0.25) is 18.9 Å². The van der Waals surface area contributed by atoms with Crippen LogP contribution in [0.4, 0.5) is 19.0 Å². The summed E-state index contributed by atoms with van der Waals surface area (Å²) in [6, 6.07) is 12.9. The number of pyridine rings is 2. The van der Waals surface area contributed by atoms with Gasteiger partial charge in [0.2, 0.25) is 5.91 Å². The highest BCUT2D eigenvalue weighted by atomic mass is 19.4. The molecular formula is C29H27F3N6O3. The summed E-state index contributed by atoms with van der Waals surface area (Å²) in [5, 5.41) is 12.3. The fraction of sp³-hybridized carbons (Fsp3) is 0.241. The Labute approximate surface area is 232 Å². The summed E-state index contributed by atoms with van der Waals surface area (Å²) in [7, 11) is 1.61. The Bertz CT molecular complexity index is 1860. The topological polar surface area (TPSA) is 128 Å². The van der Waals surface area contributed by atoms with Crippen molar-refractivity contribution in [2.75, 3.05) is 18.9 Å². The molecule has 3 aromatic heterocycles. The van der Waals surface area contributed by atoms with Crippen molar-refractivity contribution in [3.8, 4) is 16.8 Å². The minimum Gasteiger partial charge on any atom is -0.395 e. The molecule has 212 valence electrons. The molecular weight excluding hydrogens is 537 g/mol. The molecule has 0 fully saturated rings. The van der Waals surface area contributed by atoms with Crippen molar-refractivity contribution in [2.24, 2.45) is 7.05 Å². The van der Waals surface area contributed by atoms with E-state index in [1.165, 1.54) is 15.3 Å². The molecule has 9 nitrogen and oxygen atoms in total. The van der Waals surface area contributed by atoms with Crippen molar-refractivity contribution < 1.29 is 23.1 Å². The highest BCUT2D eigenvalue weighted by Crippen LogP contribution is 2.36. The van der Waals surface area contributed by atoms with Crippen LogP contribution in [-0.4, -0.2) is 43.3 Å². The quantitative estimate of drug-likeness (QED) is 0.287. The van der Waals surface area contributed by atoms with Gasteiger partial charge in [-0.2, -0.15) is 13.2 Å². The minimum atomic E-state index is -4.67. The van der Waals surface area contributed by atoms with Crippen LogP contribution < -0.4 is 16.7 Å². The number of aryl methyl sites for hydroxylation is 1. The molecule has 0 saturated heterocycles. The Hall–Kier alpha value is -4.71. The first-order valence-electron chi connectivity index (χ1n) is 12.7. The first-order chi connectivity index (χ1) is 19.3. The van der Waals surface area contributed by atoms with Gasteiger partial charge in [0.1, 0.15) is 5.82 Å². The molecule has 0 aliphatic heterocycles. The number of halogens is 3. The van der Waals surface area contributed by atoms with E-state index in [0.29, 0.717) is 38.8 Å². The lowest BCUT2D eigenvalue weighted by Crippen LogP contribution is -2.41. The third kappa shape index (κ3) is 4.80. The maximum absolute atomic E-state index is 13.5. The molecule has 0 spiro atoms. The van der Waals surface area contributed by atoms with Gasteiger partial charge >= 0.3 is 11.9 Å². The molecule has 0 saturated carbocycles. The minimum absolute atomic E-state index is 0.138. The zero-order chi connectivity index (χ0) is 29.7. The summed E-state index contributed by atoms with van der Waals surface area (Å²) in [5.74, 6) is -0.863. The number of fused-ring (bicyclic) bond motifs is 3. The summed E-state index contributed by atoms with van der Waals surface area (Å²) in [6.45, 7) is 3.48. The van der Waals surface area contributed by atoms with E-state index in [4.69, 9.17) is 10.8 Å². The number of imidazole rings is 1. The number of hydrogen-bond donors (Lipinski definition) is 3. The van der Waals surface area contributed by atoms with Crippen LogP contribution in [0.15, 0.2) is 65.7 Å². The number of hydrogen-bond acceptors (Lipinski definition) is 6. The SMILES string of the molecule is Cn1c(=O)n(-c2ccc(C(C)(C)C(=O)NCCO)cc2)c2c3cc(-c4cnc(N)c(C(F)(F)F)c4)ccc3ncc21. The molecule has 12 heteroatoms. The Morgan fingerprint density at radius 1 is 1.02 bits per heavy atom. The lowest BCUT2D eigenvalue weighted by atomic mass is 9.83. The predicted molar refractivity (Wildman–Crippen MR) is 150 cm³/mol. The number of aromatic nitrogens is 4. The van der Waals surface area contributed by atoms with Crippen molar-refractivity contribution in [1.29, 1.82) is 0 Å². The summed E-state index contributed by atoms with van der Waals surface area (Å²) < 4.78 is 43.4. The molecule has 0 atom stereocenters. The highest BCUT2D eigenvalue weighted by molar-refractivity contribution is 6.04. The van der Waals surface area contributed by atoms with E-state index >= 15 is 0 Å². The second-order valence-corrected chi connectivity index (χ2v) is 10.2. The highest BCUT2D eigenvalue weighted by Gasteiger charge is 2.34. The number of rotatable bonds is 6. The lowest BCUT2D eigenvalue weighted by molar-refractivity contribution is -0.137. The van der Waals surface area contributed by atoms with E-state index < -0.39 is 23.0 Å². The van der Waals surface area contributed by atoms with Crippen molar-refractivity contribution in [3.05, 3.63) is 82.5 Å². The molecule has 5 aromatic rings. The summed E-state index contributed by atoms with van der Waals surface area (Å²) in [5.41, 5.74) is 6.69. The van der Waals surface area contributed by atoms with Crippen LogP contribution in [0.5, 0.6) is 0 Å². The molecule has 4 N–H and O–H groups in total. The Morgan fingerprint density at radius 3 is 2.39 bits per heavy atom. The number of carbonyl (C=O) groups is 1. The van der Waals surface area contributed by atoms with Gasteiger partial charge in [-0.15, -0.1) is 0 Å². The van der Waals surface area contributed by atoms with Gasteiger partial charge in [0, 0.05) is 30.7 Å². The van der Waals surface area contributed by atoms with E-state index in [-0.39, 0.29) is 30.3 Å². The van der Waals surface area contributed by atoms with E-state index in [1.807, 2.05) is 0 Å². The van der Waals surface area contributed by atoms with Crippen LogP contribution in [0, 0.1) is 0 Å². The van der Waals surface area contributed by atoms with Gasteiger partial charge in [-0.05, 0) is 55.3 Å². The van der Waals surface area contributed by atoms with Crippen LogP contribution >= 0.6 is 0 Å². The van der Waals surface area contributed by atoms with Crippen molar-refractivity contribution >= 4 is 33.7 Å². The first kappa shape index (κ1) is 27.8. The van der Waals surface area contributed by atoms with Gasteiger partial charge in [0.05, 0.1) is 46.0 Å². The van der Waals surface area contributed by atoms with Gasteiger partial charge in [0.15, 0.2) is 0 Å². The van der Waals surface area contributed by atoms with Crippen molar-refractivity contribution in [2.45, 2.75) is 25.4 Å². The molecule has 3 heterocycles. The number of amides is 1. The number of benzene rings is 2. The number of aliphatic hydroxyl groups excluding tert-OH is 1. The second kappa shape index (κ2) is 10.0. The monoisotopic (exact) mass is 564 g/mol. The first-order valence-corrected chi connectivity index (χ1v) is 12.7. The summed E-state index contributed by atoms with van der Waals surface area (Å²) in [4.78, 5) is 34.3. The fourth-order valence-corrected chi connectivity index (χ4v) is 4.83. The molecule has 0 bridgehead atoms. The lowest BCUT2D eigenvalue weighted by Gasteiger charge is -2.24. The van der Waals surface area contributed by atoms with Crippen molar-refractivity contribution in [1.82, 2.24) is 24.4 Å². The molecule has 0 aliphatic carbocycles. The number of alkyl halides is 3. The molecule has 0 unspecified atom stereocenters. The normalized spacial score (nSPS) is 12.3. The third-order valence-corrected chi connectivity index (χ3v) is 7.25. The molecule has 0 aliphatic rings. The average molecular weight is 565 g/mol. The van der Waals surface area contributed by atoms with Gasteiger partial charge < -0.3 is 16.2 Å². The number of anilines is 1. The number of carbonyl (C=O) groups excluding carboxylic acids is 1. The van der Waals surface area contributed by atoms with Gasteiger partial charge in [-0.25, -0.2) is 9.78 Å². The molecule has 1 amide bonds. The number of aliphatic hydroxyl groups is 1. The predicted octanol–water partition coefficient (Wildman–Crippen LogP) is 3.93. The Balaban J connectivity index is 1.67. The molecule has 2 aromatic carbocycles. The largest absolute Gasteiger partial charge is 0.419 e. The number of nitrogens with zero attached hydrogens (tertiary/aromatic N) is 4. The van der Waals surface area contributed by atoms with Crippen LogP contribution in [0.25, 0.3) is 38.8 Å². The van der Waals surface area contributed by atoms with Crippen LogP contribution in [0.3, 0.4) is 0 Å². The van der Waals surface area contributed by atoms with Gasteiger partial charge in [-0.1, -0.05) is 18.2 Å². The average Bonchev–Trinajstić information content (AvgIpc) is 3.20. The Morgan fingerprint density at radius 2 is 1.73 bits per heavy atom. The van der Waals surface area contributed by atoms with E-state index in [9.17, 15) is 22.8 Å². The van der Waals surface area contributed by atoms with E-state index in [1.54, 1.807) is 69.6 Å². The third-order valence-electron chi connectivity index (χ3n) is 7.25. The smallest absolute Gasteiger partial charge is 0.395 e. The molecule has 41 heavy (non-hydrogen) atoms. The molecule has 5 rings (SSSR count). The van der Waals surface area contributed by atoms with Gasteiger partial charge in [0.25, 0.3) is 0 Å². The summed E-state index contributed by atoms with van der Waals surface area (Å²) >= 11 is 0. The maximum atomic E-state index is 13.5. The van der Waals surface area contributed by atoms with E-state index in [0.717, 1.165) is 6.07 Å². The summed E-state index contributed by atoms with van der Waals surface area (Å²) in [6.07, 6.45) is -1.82. The van der Waals surface area contributed by atoms with E-state index in [2.05, 4.69) is 15.3 Å². The number of nitrogens with one attached hydrogen (secondary N) is 1. The van der Waals surface area contributed by atoms with Crippen LogP contribution in [-0.2, 0) is 23.4 Å². The van der Waals surface area contributed by atoms with Crippen LogP contribution in [0.1, 0.15) is 25.0 Å². The fourth-order valence-electron chi connectivity index (χ4n) is 4.83. The zero-order valence-corrected chi connectivity index (χ0v) is 22.5. The zero-order valence-electron chi connectivity index (χ0n) is 22.5. The number of nitrogen functional groups attached to an aromatic ring is 1.